The molecule has 106 valence electrons. The van der Waals surface area contributed by atoms with Crippen molar-refractivity contribution < 1.29 is 17.6 Å². The van der Waals surface area contributed by atoms with Crippen LogP contribution in [0.15, 0.2) is 30.3 Å². The maximum atomic E-state index is 13.7. The van der Waals surface area contributed by atoms with Crippen LogP contribution in [0.2, 0.25) is 5.15 Å². The molecule has 21 heavy (non-hydrogen) atoms. The monoisotopic (exact) mass is 312 g/mol. The molecule has 2 nitrogen and oxygen atoms in total. The number of nitrogens with zero attached hydrogens (tertiary/aromatic N) is 2. The van der Waals surface area contributed by atoms with Gasteiger partial charge in [-0.15, -0.1) is 0 Å². The molecule has 1 aromatic heterocycles. The van der Waals surface area contributed by atoms with Gasteiger partial charge in [-0.05, 0) is 18.2 Å². The second-order valence-corrected chi connectivity index (χ2v) is 4.58. The Balaban J connectivity index is 2.33. The number of hydrogen-bond donors (Lipinski definition) is 0. The summed E-state index contributed by atoms with van der Waals surface area (Å²) in [4.78, 5) is 7.60. The van der Waals surface area contributed by atoms with E-state index in [2.05, 4.69) is 9.97 Å². The first-order valence-corrected chi connectivity index (χ1v) is 6.12. The van der Waals surface area contributed by atoms with Crippen LogP contribution < -0.4 is 0 Å². The molecule has 0 N–H and O–H groups in total. The molecule has 1 heterocycles. The maximum Gasteiger partial charge on any atom is 0.167 e. The van der Waals surface area contributed by atoms with E-state index in [1.807, 2.05) is 0 Å². The van der Waals surface area contributed by atoms with Gasteiger partial charge in [0.05, 0.1) is 11.1 Å². The standard InChI is InChI=1S/C14H5ClF4N2/c15-13-6-4-9(18)10(19)5-11(6)20-14(21-13)12-7(16)2-1-3-8(12)17/h1-5H. The zero-order chi connectivity index (χ0) is 15.1. The van der Waals surface area contributed by atoms with E-state index in [1.54, 1.807) is 0 Å². The molecule has 0 radical (unpaired) electrons. The molecule has 3 rings (SSSR count). The van der Waals surface area contributed by atoms with Crippen molar-refractivity contribution in [2.24, 2.45) is 0 Å². The molecule has 0 saturated heterocycles. The molecule has 0 unspecified atom stereocenters. The van der Waals surface area contributed by atoms with Crippen LogP contribution in [0.3, 0.4) is 0 Å². The highest BCUT2D eigenvalue weighted by Gasteiger charge is 2.17. The summed E-state index contributed by atoms with van der Waals surface area (Å²) in [5.41, 5.74) is -0.530. The summed E-state index contributed by atoms with van der Waals surface area (Å²) in [5, 5.41) is -0.174. The summed E-state index contributed by atoms with van der Waals surface area (Å²) >= 11 is 5.86. The van der Waals surface area contributed by atoms with Crippen LogP contribution in [-0.4, -0.2) is 9.97 Å². The van der Waals surface area contributed by atoms with Gasteiger partial charge in [0.2, 0.25) is 0 Å². The van der Waals surface area contributed by atoms with Crippen molar-refractivity contribution >= 4 is 22.5 Å². The third-order valence-electron chi connectivity index (χ3n) is 2.88. The summed E-state index contributed by atoms with van der Waals surface area (Å²) in [5.74, 6) is -4.36. The van der Waals surface area contributed by atoms with Gasteiger partial charge in [-0.1, -0.05) is 17.7 Å². The Hall–Kier alpha value is -2.21. The molecule has 0 aliphatic carbocycles. The first-order valence-electron chi connectivity index (χ1n) is 5.74. The molecule has 0 aliphatic heterocycles. The SMILES string of the molecule is Fc1cc2nc(-c3c(F)cccc3F)nc(Cl)c2cc1F. The molecular weight excluding hydrogens is 308 g/mol. The molecule has 0 bridgehead atoms. The number of fused-ring (bicyclic) bond motifs is 1. The lowest BCUT2D eigenvalue weighted by molar-refractivity contribution is 0.510. The Morgan fingerprint density at radius 2 is 1.43 bits per heavy atom. The molecule has 0 fully saturated rings. The van der Waals surface area contributed by atoms with Crippen LogP contribution in [0.1, 0.15) is 0 Å². The van der Waals surface area contributed by atoms with E-state index >= 15 is 0 Å². The third kappa shape index (κ3) is 2.31. The highest BCUT2D eigenvalue weighted by atomic mass is 35.5. The molecular formula is C14H5ClF4N2. The van der Waals surface area contributed by atoms with Crippen LogP contribution in [0.5, 0.6) is 0 Å². The molecule has 0 aliphatic rings. The van der Waals surface area contributed by atoms with Crippen LogP contribution >= 0.6 is 11.6 Å². The van der Waals surface area contributed by atoms with E-state index in [0.717, 1.165) is 24.3 Å². The lowest BCUT2D eigenvalue weighted by Crippen LogP contribution is -1.98. The number of benzene rings is 2. The highest BCUT2D eigenvalue weighted by Crippen LogP contribution is 2.29. The Morgan fingerprint density at radius 3 is 2.10 bits per heavy atom. The van der Waals surface area contributed by atoms with Crippen molar-refractivity contribution in [2.75, 3.05) is 0 Å². The van der Waals surface area contributed by atoms with Crippen LogP contribution in [0, 0.1) is 23.3 Å². The molecule has 0 saturated carbocycles. The summed E-state index contributed by atoms with van der Waals surface area (Å²) in [7, 11) is 0. The number of halogens is 5. The quantitative estimate of drug-likeness (QED) is 0.488. The van der Waals surface area contributed by atoms with Crippen LogP contribution in [0.25, 0.3) is 22.3 Å². The predicted molar refractivity (Wildman–Crippen MR) is 69.8 cm³/mol. The largest absolute Gasteiger partial charge is 0.228 e. The molecule has 2 aromatic carbocycles. The lowest BCUT2D eigenvalue weighted by atomic mass is 10.1. The van der Waals surface area contributed by atoms with Crippen molar-refractivity contribution in [3.63, 3.8) is 0 Å². The zero-order valence-electron chi connectivity index (χ0n) is 10.2. The van der Waals surface area contributed by atoms with Gasteiger partial charge >= 0.3 is 0 Å². The minimum absolute atomic E-state index is 0.0495. The van der Waals surface area contributed by atoms with Gasteiger partial charge in [-0.2, -0.15) is 0 Å². The van der Waals surface area contributed by atoms with Gasteiger partial charge in [0.15, 0.2) is 17.5 Å². The zero-order valence-corrected chi connectivity index (χ0v) is 10.9. The first-order chi connectivity index (χ1) is 9.97. The number of aromatic nitrogens is 2. The fourth-order valence-corrected chi connectivity index (χ4v) is 2.14. The van der Waals surface area contributed by atoms with Gasteiger partial charge in [0.25, 0.3) is 0 Å². The van der Waals surface area contributed by atoms with Gasteiger partial charge in [0.1, 0.15) is 16.8 Å². The summed E-state index contributed by atoms with van der Waals surface area (Å²) in [6.07, 6.45) is 0. The molecule has 0 atom stereocenters. The fraction of sp³-hybridized carbons (Fsp3) is 0. The first kappa shape index (κ1) is 13.8. The van der Waals surface area contributed by atoms with Crippen molar-refractivity contribution in [3.05, 3.63) is 58.8 Å². The van der Waals surface area contributed by atoms with Crippen molar-refractivity contribution in [2.45, 2.75) is 0 Å². The predicted octanol–water partition coefficient (Wildman–Crippen LogP) is 4.51. The van der Waals surface area contributed by atoms with Crippen molar-refractivity contribution in [1.29, 1.82) is 0 Å². The lowest BCUT2D eigenvalue weighted by Gasteiger charge is -2.07. The van der Waals surface area contributed by atoms with Gasteiger partial charge in [-0.25, -0.2) is 27.5 Å². The Labute approximate surface area is 121 Å². The molecule has 0 amide bonds. The minimum Gasteiger partial charge on any atom is -0.228 e. The highest BCUT2D eigenvalue weighted by molar-refractivity contribution is 6.34. The second-order valence-electron chi connectivity index (χ2n) is 4.22. The van der Waals surface area contributed by atoms with Gasteiger partial charge < -0.3 is 0 Å². The normalized spacial score (nSPS) is 11.1. The van der Waals surface area contributed by atoms with E-state index in [-0.39, 0.29) is 21.9 Å². The molecule has 7 heteroatoms. The minimum atomic E-state index is -1.14. The Bertz CT molecular complexity index is 847. The van der Waals surface area contributed by atoms with Crippen molar-refractivity contribution in [1.82, 2.24) is 9.97 Å². The van der Waals surface area contributed by atoms with Crippen LogP contribution in [-0.2, 0) is 0 Å². The maximum absolute atomic E-state index is 13.7. The van der Waals surface area contributed by atoms with E-state index in [0.29, 0.717) is 0 Å². The molecule has 3 aromatic rings. The van der Waals surface area contributed by atoms with Gasteiger partial charge in [0, 0.05) is 11.5 Å². The van der Waals surface area contributed by atoms with Crippen LogP contribution in [0.4, 0.5) is 17.6 Å². The van der Waals surface area contributed by atoms with E-state index in [4.69, 9.17) is 11.6 Å². The average molecular weight is 313 g/mol. The smallest absolute Gasteiger partial charge is 0.167 e. The van der Waals surface area contributed by atoms with Gasteiger partial charge in [-0.3, -0.25) is 0 Å². The second kappa shape index (κ2) is 4.96. The van der Waals surface area contributed by atoms with E-state index < -0.39 is 28.8 Å². The summed E-state index contributed by atoms with van der Waals surface area (Å²) < 4.78 is 53.8. The Kier molecular flexibility index (Phi) is 3.25. The number of hydrogen-bond acceptors (Lipinski definition) is 2. The molecule has 0 spiro atoms. The van der Waals surface area contributed by atoms with E-state index in [9.17, 15) is 17.6 Å². The Morgan fingerprint density at radius 1 is 0.810 bits per heavy atom. The topological polar surface area (TPSA) is 25.8 Å². The van der Waals surface area contributed by atoms with E-state index in [1.165, 1.54) is 6.07 Å². The summed E-state index contributed by atoms with van der Waals surface area (Å²) in [6.45, 7) is 0. The average Bonchev–Trinajstić information content (AvgIpc) is 2.41. The third-order valence-corrected chi connectivity index (χ3v) is 3.17. The number of rotatable bonds is 1. The fourth-order valence-electron chi connectivity index (χ4n) is 1.91. The summed E-state index contributed by atoms with van der Waals surface area (Å²) in [6, 6.07) is 4.87. The van der Waals surface area contributed by atoms with Crippen molar-refractivity contribution in [3.8, 4) is 11.4 Å².